The van der Waals surface area contributed by atoms with Gasteiger partial charge in [-0.1, -0.05) is 23.7 Å². The molecule has 0 radical (unpaired) electrons. The molecule has 284 valence electrons. The number of benzene rings is 2. The minimum atomic E-state index is -0.340. The number of carbonyl (C=O) groups excluding carboxylic acids is 4. The number of aromatic nitrogens is 5. The number of hydrogen-bond acceptors (Lipinski definition) is 9. The monoisotopic (exact) mass is 763 g/mol. The van der Waals surface area contributed by atoms with Crippen molar-refractivity contribution in [3.8, 4) is 22.9 Å². The van der Waals surface area contributed by atoms with E-state index in [1.165, 1.54) is 6.20 Å². The summed E-state index contributed by atoms with van der Waals surface area (Å²) in [7, 11) is 1.85. The third-order valence-corrected chi connectivity index (χ3v) is 11.2. The minimum absolute atomic E-state index is 0.000271. The highest BCUT2D eigenvalue weighted by atomic mass is 35.5. The van der Waals surface area contributed by atoms with Crippen LogP contribution < -0.4 is 15.0 Å². The van der Waals surface area contributed by atoms with Crippen LogP contribution in [0, 0.1) is 12.8 Å². The molecule has 6 heterocycles. The fourth-order valence-corrected chi connectivity index (χ4v) is 8.15. The van der Waals surface area contributed by atoms with E-state index in [1.54, 1.807) is 28.9 Å². The number of nitrogens with one attached hydrogen (secondary N) is 2. The number of H-pyrrole nitrogens is 1. The summed E-state index contributed by atoms with van der Waals surface area (Å²) >= 11 is 6.53. The summed E-state index contributed by atoms with van der Waals surface area (Å²) in [5.41, 5.74) is 5.12. The summed E-state index contributed by atoms with van der Waals surface area (Å²) < 4.78 is 7.93. The lowest BCUT2D eigenvalue weighted by Gasteiger charge is -2.43. The number of aryl methyl sites for hydroxylation is 2. The molecule has 55 heavy (non-hydrogen) atoms. The normalized spacial score (nSPS) is 19.5. The van der Waals surface area contributed by atoms with E-state index in [2.05, 4.69) is 37.2 Å². The number of amides is 4. The Morgan fingerprint density at radius 3 is 2.49 bits per heavy atom. The molecule has 3 aromatic heterocycles. The first-order valence-electron chi connectivity index (χ1n) is 18.6. The molecule has 5 aromatic rings. The average Bonchev–Trinajstić information content (AvgIpc) is 3.77. The second-order valence-corrected chi connectivity index (χ2v) is 15.0. The molecular weight excluding hydrogens is 722 g/mol. The van der Waals surface area contributed by atoms with Crippen LogP contribution in [0.25, 0.3) is 22.6 Å². The van der Waals surface area contributed by atoms with Crippen molar-refractivity contribution in [1.82, 2.24) is 39.8 Å². The van der Waals surface area contributed by atoms with Crippen molar-refractivity contribution in [3.63, 3.8) is 0 Å². The Bertz CT molecular complexity index is 2300. The highest BCUT2D eigenvalue weighted by molar-refractivity contribution is 6.32. The summed E-state index contributed by atoms with van der Waals surface area (Å²) in [5, 5.41) is 7.16. The zero-order valence-electron chi connectivity index (χ0n) is 30.9. The molecule has 4 amide bonds. The maximum Gasteiger partial charge on any atom is 0.253 e. The molecule has 0 saturated carbocycles. The first-order valence-corrected chi connectivity index (χ1v) is 19.0. The van der Waals surface area contributed by atoms with Gasteiger partial charge in [0.2, 0.25) is 17.7 Å². The van der Waals surface area contributed by atoms with Crippen LogP contribution in [0.2, 0.25) is 5.02 Å². The number of imide groups is 1. The van der Waals surface area contributed by atoms with E-state index in [0.717, 1.165) is 22.5 Å². The van der Waals surface area contributed by atoms with Gasteiger partial charge in [-0.3, -0.25) is 29.2 Å². The van der Waals surface area contributed by atoms with Crippen molar-refractivity contribution in [1.29, 1.82) is 0 Å². The number of likely N-dealkylation sites (tertiary alicyclic amines) is 1. The fraction of sp³-hybridized carbons (Fsp3) is 0.375. The number of nitrogens with zero attached hydrogens (tertiary/aromatic N) is 7. The molecule has 14 nitrogen and oxygen atoms in total. The van der Waals surface area contributed by atoms with Gasteiger partial charge < -0.3 is 24.4 Å². The number of piperidine rings is 2. The van der Waals surface area contributed by atoms with Gasteiger partial charge >= 0.3 is 0 Å². The van der Waals surface area contributed by atoms with Crippen molar-refractivity contribution in [2.45, 2.75) is 51.5 Å². The van der Waals surface area contributed by atoms with E-state index < -0.39 is 0 Å². The number of rotatable bonds is 7. The number of carbonyl (C=O) groups is 4. The largest absolute Gasteiger partial charge is 0.453 e. The predicted octanol–water partition coefficient (Wildman–Crippen LogP) is 5.22. The van der Waals surface area contributed by atoms with E-state index in [9.17, 15) is 19.2 Å². The predicted molar refractivity (Wildman–Crippen MR) is 206 cm³/mol. The molecule has 8 rings (SSSR count). The van der Waals surface area contributed by atoms with Crippen LogP contribution in [0.5, 0.6) is 11.5 Å². The van der Waals surface area contributed by atoms with E-state index in [1.807, 2.05) is 54.2 Å². The number of halogens is 1. The first-order chi connectivity index (χ1) is 26.5. The Hall–Kier alpha value is -5.76. The maximum absolute atomic E-state index is 13.8. The third-order valence-electron chi connectivity index (χ3n) is 10.9. The van der Waals surface area contributed by atoms with Gasteiger partial charge in [-0.15, -0.1) is 0 Å². The molecule has 0 bridgehead atoms. The van der Waals surface area contributed by atoms with E-state index in [4.69, 9.17) is 16.3 Å². The van der Waals surface area contributed by atoms with Crippen molar-refractivity contribution in [3.05, 3.63) is 82.8 Å². The first kappa shape index (κ1) is 36.2. The topological polar surface area (TPSA) is 159 Å². The summed E-state index contributed by atoms with van der Waals surface area (Å²) in [5.74, 6) is 0.588. The lowest BCUT2D eigenvalue weighted by Crippen LogP contribution is -2.56. The quantitative estimate of drug-likeness (QED) is 0.212. The van der Waals surface area contributed by atoms with Crippen molar-refractivity contribution in [2.75, 3.05) is 37.6 Å². The van der Waals surface area contributed by atoms with Gasteiger partial charge in [0, 0.05) is 75.6 Å². The van der Waals surface area contributed by atoms with Gasteiger partial charge in [-0.25, -0.2) is 9.97 Å². The Morgan fingerprint density at radius 1 is 1.00 bits per heavy atom. The Labute approximate surface area is 322 Å². The molecule has 3 saturated heterocycles. The van der Waals surface area contributed by atoms with Crippen LogP contribution in [0.4, 0.5) is 5.69 Å². The highest BCUT2D eigenvalue weighted by Gasteiger charge is 2.35. The van der Waals surface area contributed by atoms with Crippen molar-refractivity contribution in [2.24, 2.45) is 13.0 Å². The van der Waals surface area contributed by atoms with E-state index in [0.29, 0.717) is 97.5 Å². The Balaban J connectivity index is 0.854. The summed E-state index contributed by atoms with van der Waals surface area (Å²) in [6.45, 7) is 6.92. The standard InChI is InChI=1S/C40H42ClN9O5/c1-23-21-49(28-6-4-5-27(19-28)30-11-12-33(51)43-38(30)52)17-18-50(23)40(54)26-13-15-48(16-14-26)39(53)25-7-9-29(10-8-25)55-35-32(41)20-42-37-34(35)44-36(45-37)31-22-47(3)46-24(31)2/h4-10,19-20,22-23,26,30H,11-18,21H2,1-3H3,(H,42,44,45)(H,43,51,52)/t23-,30+/m1/s1. The van der Waals surface area contributed by atoms with Gasteiger partial charge in [-0.2, -0.15) is 5.10 Å². The van der Waals surface area contributed by atoms with Crippen molar-refractivity contribution >= 4 is 52.1 Å². The Morgan fingerprint density at radius 2 is 1.78 bits per heavy atom. The molecule has 15 heteroatoms. The molecule has 3 aliphatic heterocycles. The number of fused-ring (bicyclic) bond motifs is 1. The van der Waals surface area contributed by atoms with Crippen LogP contribution in [0.15, 0.2) is 60.9 Å². The average molecular weight is 764 g/mol. The molecule has 0 aliphatic carbocycles. The number of piperazine rings is 1. The van der Waals surface area contributed by atoms with Crippen LogP contribution >= 0.6 is 11.6 Å². The van der Waals surface area contributed by atoms with E-state index in [-0.39, 0.29) is 41.5 Å². The summed E-state index contributed by atoms with van der Waals surface area (Å²) in [6, 6.07) is 14.9. The molecule has 3 aliphatic rings. The second-order valence-electron chi connectivity index (χ2n) is 14.6. The number of imidazole rings is 1. The van der Waals surface area contributed by atoms with Crippen molar-refractivity contribution < 1.29 is 23.9 Å². The smallest absolute Gasteiger partial charge is 0.253 e. The number of aromatic amines is 1. The molecule has 2 N–H and O–H groups in total. The number of pyridine rings is 1. The van der Waals surface area contributed by atoms with Crippen LogP contribution in [0.1, 0.15) is 60.1 Å². The third kappa shape index (κ3) is 7.25. The fourth-order valence-electron chi connectivity index (χ4n) is 7.97. The maximum atomic E-state index is 13.8. The summed E-state index contributed by atoms with van der Waals surface area (Å²) in [4.78, 5) is 69.7. The van der Waals surface area contributed by atoms with Crippen LogP contribution in [0.3, 0.4) is 0 Å². The lowest BCUT2D eigenvalue weighted by atomic mass is 9.90. The molecule has 0 spiro atoms. The zero-order valence-corrected chi connectivity index (χ0v) is 31.7. The van der Waals surface area contributed by atoms with Crippen LogP contribution in [-0.2, 0) is 21.4 Å². The number of ether oxygens (including phenoxy) is 1. The van der Waals surface area contributed by atoms with Gasteiger partial charge in [0.15, 0.2) is 11.4 Å². The number of hydrogen-bond donors (Lipinski definition) is 2. The highest BCUT2D eigenvalue weighted by Crippen LogP contribution is 2.37. The Kier molecular flexibility index (Phi) is 9.76. The molecule has 2 aromatic carbocycles. The zero-order chi connectivity index (χ0) is 38.4. The SMILES string of the molecule is Cc1nn(C)cc1-c1nc2ncc(Cl)c(Oc3ccc(C(=O)N4CCC(C(=O)N5CCN(c6cccc([C@@H]7CCC(=O)NC7=O)c6)C[C@H]5C)CC4)cc3)c2[nH]1. The van der Waals surface area contributed by atoms with Gasteiger partial charge in [0.1, 0.15) is 22.1 Å². The van der Waals surface area contributed by atoms with Crippen LogP contribution in [-0.4, -0.2) is 96.9 Å². The number of anilines is 1. The van der Waals surface area contributed by atoms with Gasteiger partial charge in [0.05, 0.1) is 23.4 Å². The molecular formula is C40H42ClN9O5. The second kappa shape index (κ2) is 14.8. The molecule has 0 unspecified atom stereocenters. The minimum Gasteiger partial charge on any atom is -0.453 e. The van der Waals surface area contributed by atoms with E-state index >= 15 is 0 Å². The molecule has 3 fully saturated rings. The lowest BCUT2D eigenvalue weighted by molar-refractivity contribution is -0.139. The van der Waals surface area contributed by atoms with Gasteiger partial charge in [0.25, 0.3) is 5.91 Å². The summed E-state index contributed by atoms with van der Waals surface area (Å²) in [6.07, 6.45) is 5.43. The molecule has 2 atom stereocenters. The van der Waals surface area contributed by atoms with Gasteiger partial charge in [-0.05, 0) is 75.1 Å².